The Morgan fingerprint density at radius 1 is 1.11 bits per heavy atom. The molecule has 1 aliphatic rings. The van der Waals surface area contributed by atoms with Crippen molar-refractivity contribution >= 4 is 40.9 Å². The van der Waals surface area contributed by atoms with Crippen molar-refractivity contribution in [3.8, 4) is 5.75 Å². The van der Waals surface area contributed by atoms with E-state index in [0.717, 1.165) is 16.2 Å². The van der Waals surface area contributed by atoms with E-state index in [-0.39, 0.29) is 11.7 Å². The third kappa shape index (κ3) is 6.34. The lowest BCUT2D eigenvalue weighted by molar-refractivity contribution is -0.129. The van der Waals surface area contributed by atoms with E-state index < -0.39 is 0 Å². The average Bonchev–Trinajstić information content (AvgIpc) is 3.26. The Morgan fingerprint density at radius 3 is 2.42 bits per heavy atom. The zero-order valence-electron chi connectivity index (χ0n) is 21.0. The number of aromatic nitrogens is 4. The van der Waals surface area contributed by atoms with Gasteiger partial charge in [0.05, 0.1) is 6.61 Å². The molecule has 10 nitrogen and oxygen atoms in total. The van der Waals surface area contributed by atoms with Gasteiger partial charge in [0.15, 0.2) is 22.6 Å². The summed E-state index contributed by atoms with van der Waals surface area (Å²) in [5.74, 6) is 2.59. The summed E-state index contributed by atoms with van der Waals surface area (Å²) in [6.45, 7) is 9.99. The van der Waals surface area contributed by atoms with Crippen LogP contribution in [-0.2, 0) is 16.0 Å². The maximum atomic E-state index is 11.8. The van der Waals surface area contributed by atoms with E-state index in [1.54, 1.807) is 13.8 Å². The van der Waals surface area contributed by atoms with Crippen molar-refractivity contribution in [3.05, 3.63) is 41.6 Å². The highest BCUT2D eigenvalue weighted by molar-refractivity contribution is 7.99. The average molecular weight is 510 g/mol. The highest BCUT2D eigenvalue weighted by Gasteiger charge is 2.26. The molecule has 190 valence electrons. The second kappa shape index (κ2) is 11.4. The number of carbonyl (C=O) groups is 2. The number of benzene rings is 1. The summed E-state index contributed by atoms with van der Waals surface area (Å²) in [6, 6.07) is 9.73. The first-order valence-electron chi connectivity index (χ1n) is 11.9. The van der Waals surface area contributed by atoms with Gasteiger partial charge in [-0.1, -0.05) is 12.1 Å². The predicted octanol–water partition coefficient (Wildman–Crippen LogP) is 3.60. The Hall–Kier alpha value is -3.60. The SMILES string of the molecule is CCOc1c(Nc2cc(C)[nH]n2)nc(Sc2ccc(CC(C)=O)cc2)nc1N1CCN(C(C)=O)CC1. The number of rotatable bonds is 9. The van der Waals surface area contributed by atoms with Crippen LogP contribution in [-0.4, -0.2) is 69.5 Å². The van der Waals surface area contributed by atoms with Crippen LogP contribution in [0.25, 0.3) is 0 Å². The molecule has 3 aromatic rings. The van der Waals surface area contributed by atoms with Gasteiger partial charge >= 0.3 is 0 Å². The minimum atomic E-state index is 0.0723. The lowest BCUT2D eigenvalue weighted by Crippen LogP contribution is -2.48. The molecule has 1 aliphatic heterocycles. The van der Waals surface area contributed by atoms with Crippen molar-refractivity contribution in [2.45, 2.75) is 44.2 Å². The summed E-state index contributed by atoms with van der Waals surface area (Å²) in [6.07, 6.45) is 0.415. The Balaban J connectivity index is 1.68. The molecule has 11 heteroatoms. The van der Waals surface area contributed by atoms with Crippen LogP contribution in [0.4, 0.5) is 17.5 Å². The van der Waals surface area contributed by atoms with E-state index in [2.05, 4.69) is 20.4 Å². The van der Waals surface area contributed by atoms with Crippen molar-refractivity contribution in [2.75, 3.05) is 43.0 Å². The Labute approximate surface area is 214 Å². The van der Waals surface area contributed by atoms with Crippen LogP contribution >= 0.6 is 11.8 Å². The summed E-state index contributed by atoms with van der Waals surface area (Å²) < 4.78 is 6.04. The van der Waals surface area contributed by atoms with Crippen LogP contribution in [0.5, 0.6) is 5.75 Å². The predicted molar refractivity (Wildman–Crippen MR) is 139 cm³/mol. The summed E-state index contributed by atoms with van der Waals surface area (Å²) >= 11 is 1.43. The monoisotopic (exact) mass is 509 g/mol. The van der Waals surface area contributed by atoms with Gasteiger partial charge in [0, 0.05) is 56.2 Å². The Kier molecular flexibility index (Phi) is 8.09. The van der Waals surface area contributed by atoms with Gasteiger partial charge in [-0.25, -0.2) is 9.97 Å². The number of nitrogens with one attached hydrogen (secondary N) is 2. The summed E-state index contributed by atoms with van der Waals surface area (Å²) in [4.78, 5) is 37.8. The standard InChI is InChI=1S/C25H31N7O3S/c1-5-35-22-23(26-21-14-16(2)29-30-21)27-25(36-20-8-6-19(7-9-20)15-17(3)33)28-24(22)32-12-10-31(11-13-32)18(4)34/h6-9,14H,5,10-13,15H2,1-4H3,(H2,26,27,28,29,30). The number of hydrogen-bond donors (Lipinski definition) is 2. The van der Waals surface area contributed by atoms with Gasteiger partial charge in [0.1, 0.15) is 5.78 Å². The minimum Gasteiger partial charge on any atom is -0.487 e. The van der Waals surface area contributed by atoms with Gasteiger partial charge in [-0.15, -0.1) is 0 Å². The topological polar surface area (TPSA) is 116 Å². The number of anilines is 3. The molecule has 36 heavy (non-hydrogen) atoms. The number of aromatic amines is 1. The van der Waals surface area contributed by atoms with E-state index >= 15 is 0 Å². The number of hydrogen-bond acceptors (Lipinski definition) is 9. The quantitative estimate of drug-likeness (QED) is 0.417. The van der Waals surface area contributed by atoms with Crippen LogP contribution in [0.1, 0.15) is 32.0 Å². The fourth-order valence-electron chi connectivity index (χ4n) is 3.95. The largest absolute Gasteiger partial charge is 0.487 e. The lowest BCUT2D eigenvalue weighted by Gasteiger charge is -2.35. The molecule has 1 fully saturated rings. The highest BCUT2D eigenvalue weighted by Crippen LogP contribution is 2.38. The molecule has 1 amide bonds. The van der Waals surface area contributed by atoms with Gasteiger partial charge in [0.25, 0.3) is 0 Å². The first-order valence-corrected chi connectivity index (χ1v) is 12.7. The highest BCUT2D eigenvalue weighted by atomic mass is 32.2. The zero-order chi connectivity index (χ0) is 25.7. The van der Waals surface area contributed by atoms with Crippen LogP contribution in [0.15, 0.2) is 40.4 Å². The molecule has 0 atom stereocenters. The van der Waals surface area contributed by atoms with Crippen molar-refractivity contribution in [1.82, 2.24) is 25.1 Å². The van der Waals surface area contributed by atoms with Crippen LogP contribution < -0.4 is 15.0 Å². The van der Waals surface area contributed by atoms with E-state index in [9.17, 15) is 9.59 Å². The Morgan fingerprint density at radius 2 is 1.83 bits per heavy atom. The number of ketones is 1. The van der Waals surface area contributed by atoms with E-state index in [0.29, 0.717) is 67.6 Å². The molecule has 1 saturated heterocycles. The molecule has 0 saturated carbocycles. The van der Waals surface area contributed by atoms with E-state index in [4.69, 9.17) is 14.7 Å². The molecule has 0 spiro atoms. The van der Waals surface area contributed by atoms with Gasteiger partial charge in [-0.3, -0.25) is 14.7 Å². The molecule has 4 rings (SSSR count). The van der Waals surface area contributed by atoms with Crippen LogP contribution in [0, 0.1) is 6.92 Å². The molecule has 0 bridgehead atoms. The number of carbonyl (C=O) groups excluding carboxylic acids is 2. The third-order valence-electron chi connectivity index (χ3n) is 5.68. The van der Waals surface area contributed by atoms with Crippen molar-refractivity contribution in [3.63, 3.8) is 0 Å². The van der Waals surface area contributed by atoms with E-state index in [1.807, 2.05) is 49.1 Å². The number of piperazine rings is 1. The maximum Gasteiger partial charge on any atom is 0.219 e. The van der Waals surface area contributed by atoms with Crippen LogP contribution in [0.3, 0.4) is 0 Å². The van der Waals surface area contributed by atoms with E-state index in [1.165, 1.54) is 11.8 Å². The molecule has 0 aliphatic carbocycles. The van der Waals surface area contributed by atoms with Crippen molar-refractivity contribution < 1.29 is 14.3 Å². The first-order chi connectivity index (χ1) is 17.3. The zero-order valence-corrected chi connectivity index (χ0v) is 21.8. The number of Topliss-reactive ketones (excluding diaryl/α,β-unsaturated/α-hetero) is 1. The van der Waals surface area contributed by atoms with Gasteiger partial charge in [0.2, 0.25) is 11.7 Å². The molecular formula is C25H31N7O3S. The third-order valence-corrected chi connectivity index (χ3v) is 6.55. The molecule has 2 aromatic heterocycles. The number of aryl methyl sites for hydroxylation is 1. The number of nitrogens with zero attached hydrogens (tertiary/aromatic N) is 5. The molecule has 0 radical (unpaired) electrons. The molecule has 0 unspecified atom stereocenters. The lowest BCUT2D eigenvalue weighted by atomic mass is 10.1. The minimum absolute atomic E-state index is 0.0723. The fourth-order valence-corrected chi connectivity index (χ4v) is 4.70. The summed E-state index contributed by atoms with van der Waals surface area (Å²) in [5, 5.41) is 11.1. The summed E-state index contributed by atoms with van der Waals surface area (Å²) in [7, 11) is 0. The molecule has 3 heterocycles. The summed E-state index contributed by atoms with van der Waals surface area (Å²) in [5.41, 5.74) is 1.89. The second-order valence-corrected chi connectivity index (χ2v) is 9.66. The molecule has 2 N–H and O–H groups in total. The normalized spacial score (nSPS) is 13.6. The number of amides is 1. The smallest absolute Gasteiger partial charge is 0.219 e. The second-order valence-electron chi connectivity index (χ2n) is 8.62. The van der Waals surface area contributed by atoms with Gasteiger partial charge < -0.3 is 19.9 Å². The Bertz CT molecular complexity index is 1220. The fraction of sp³-hybridized carbons (Fsp3) is 0.400. The maximum absolute atomic E-state index is 11.8. The molecular weight excluding hydrogens is 478 g/mol. The van der Waals surface area contributed by atoms with Crippen LogP contribution in [0.2, 0.25) is 0 Å². The number of ether oxygens (including phenoxy) is 1. The first kappa shape index (κ1) is 25.5. The van der Waals surface area contributed by atoms with Gasteiger partial charge in [-0.05, 0) is 50.2 Å². The van der Waals surface area contributed by atoms with Crippen molar-refractivity contribution in [2.24, 2.45) is 0 Å². The van der Waals surface area contributed by atoms with Crippen molar-refractivity contribution in [1.29, 1.82) is 0 Å². The number of H-pyrrole nitrogens is 1. The molecule has 1 aromatic carbocycles. The van der Waals surface area contributed by atoms with Gasteiger partial charge in [-0.2, -0.15) is 5.10 Å².